The molecule has 0 amide bonds. The molecule has 1 spiro atoms. The summed E-state index contributed by atoms with van der Waals surface area (Å²) in [4.78, 5) is 2.67. The minimum Gasteiger partial charge on any atom is -0.393 e. The summed E-state index contributed by atoms with van der Waals surface area (Å²) in [5.74, 6) is 1.89. The summed E-state index contributed by atoms with van der Waals surface area (Å²) < 4.78 is 6.70. The largest absolute Gasteiger partial charge is 0.393 e. The summed E-state index contributed by atoms with van der Waals surface area (Å²) in [5, 5.41) is 10.9. The third kappa shape index (κ3) is 2.52. The number of aliphatic hydroxyl groups excluding tert-OH is 1. The van der Waals surface area contributed by atoms with Crippen LogP contribution in [0.3, 0.4) is 0 Å². The maximum atomic E-state index is 10.9. The Bertz CT molecular complexity index is 759. The number of hydrogen-bond donors (Lipinski definition) is 1. The average Bonchev–Trinajstić information content (AvgIpc) is 3.31. The summed E-state index contributed by atoms with van der Waals surface area (Å²) in [6, 6.07) is 11.3. The third-order valence-electron chi connectivity index (χ3n) is 8.68. The fraction of sp³-hybridized carbons (Fsp3) is 0.680. The van der Waals surface area contributed by atoms with Gasteiger partial charge in [0, 0.05) is 35.9 Å². The summed E-state index contributed by atoms with van der Waals surface area (Å²) in [5.41, 5.74) is 1.20. The highest BCUT2D eigenvalue weighted by Crippen LogP contribution is 2.59. The number of nitrogens with zero attached hydrogens (tertiary/aromatic N) is 1. The molecule has 3 fully saturated rings. The molecule has 28 heavy (non-hydrogen) atoms. The van der Waals surface area contributed by atoms with Crippen molar-refractivity contribution in [1.29, 1.82) is 0 Å². The molecule has 1 N–H and O–H groups in total. The van der Waals surface area contributed by atoms with Crippen LogP contribution in [0.1, 0.15) is 58.4 Å². The highest BCUT2D eigenvalue weighted by atomic mass is 16.5. The topological polar surface area (TPSA) is 32.7 Å². The van der Waals surface area contributed by atoms with Crippen LogP contribution in [0.2, 0.25) is 0 Å². The van der Waals surface area contributed by atoms with E-state index in [9.17, 15) is 5.11 Å². The van der Waals surface area contributed by atoms with Crippen LogP contribution < -0.4 is 0 Å². The van der Waals surface area contributed by atoms with Gasteiger partial charge in [-0.25, -0.2) is 0 Å². The van der Waals surface area contributed by atoms with Crippen LogP contribution in [0, 0.1) is 17.8 Å². The van der Waals surface area contributed by atoms with Crippen molar-refractivity contribution in [3.63, 3.8) is 0 Å². The van der Waals surface area contributed by atoms with Gasteiger partial charge in [-0.1, -0.05) is 55.8 Å². The second-order valence-electron chi connectivity index (χ2n) is 10.4. The number of aliphatic hydroxyl groups is 1. The van der Waals surface area contributed by atoms with E-state index in [0.29, 0.717) is 29.7 Å². The van der Waals surface area contributed by atoms with Gasteiger partial charge in [0.25, 0.3) is 0 Å². The van der Waals surface area contributed by atoms with E-state index < -0.39 is 0 Å². The molecule has 1 saturated carbocycles. The van der Waals surface area contributed by atoms with Crippen molar-refractivity contribution < 1.29 is 9.84 Å². The molecule has 0 unspecified atom stereocenters. The van der Waals surface area contributed by atoms with E-state index >= 15 is 0 Å². The lowest BCUT2D eigenvalue weighted by Crippen LogP contribution is -2.57. The van der Waals surface area contributed by atoms with Gasteiger partial charge >= 0.3 is 0 Å². The second kappa shape index (κ2) is 6.42. The summed E-state index contributed by atoms with van der Waals surface area (Å²) in [6.45, 7) is 10.4. The van der Waals surface area contributed by atoms with E-state index in [4.69, 9.17) is 4.74 Å². The normalized spacial score (nSPS) is 45.5. The zero-order valence-corrected chi connectivity index (χ0v) is 17.7. The molecule has 3 aliphatic heterocycles. The Balaban J connectivity index is 1.46. The van der Waals surface area contributed by atoms with Crippen LogP contribution in [0.5, 0.6) is 0 Å². The van der Waals surface area contributed by atoms with Gasteiger partial charge in [-0.2, -0.15) is 0 Å². The van der Waals surface area contributed by atoms with Gasteiger partial charge in [-0.3, -0.25) is 4.90 Å². The molecule has 152 valence electrons. The molecular weight excluding hydrogens is 346 g/mol. The fourth-order valence-corrected chi connectivity index (χ4v) is 7.11. The van der Waals surface area contributed by atoms with E-state index in [0.717, 1.165) is 19.4 Å². The quantitative estimate of drug-likeness (QED) is 0.789. The minimum absolute atomic E-state index is 0.0331. The van der Waals surface area contributed by atoms with Crippen molar-refractivity contribution >= 4 is 0 Å². The molecule has 0 aromatic heterocycles. The predicted molar refractivity (Wildman–Crippen MR) is 112 cm³/mol. The van der Waals surface area contributed by atoms with Gasteiger partial charge in [-0.05, 0) is 45.1 Å². The lowest BCUT2D eigenvalue weighted by Gasteiger charge is -2.49. The Kier molecular flexibility index (Phi) is 4.32. The van der Waals surface area contributed by atoms with Crippen molar-refractivity contribution in [1.82, 2.24) is 4.90 Å². The number of likely N-dealkylation sites (tertiary alicyclic amines) is 1. The van der Waals surface area contributed by atoms with E-state index in [1.54, 1.807) is 0 Å². The number of benzene rings is 1. The second-order valence-corrected chi connectivity index (χ2v) is 10.4. The van der Waals surface area contributed by atoms with Crippen molar-refractivity contribution in [3.8, 4) is 0 Å². The number of fused-ring (bicyclic) bond motifs is 1. The third-order valence-corrected chi connectivity index (χ3v) is 8.68. The van der Waals surface area contributed by atoms with Crippen LogP contribution in [0.25, 0.3) is 0 Å². The van der Waals surface area contributed by atoms with Crippen LogP contribution in [0.4, 0.5) is 0 Å². The molecule has 3 heteroatoms. The Morgan fingerprint density at radius 3 is 2.61 bits per heavy atom. The van der Waals surface area contributed by atoms with Crippen molar-refractivity contribution in [2.45, 2.75) is 82.3 Å². The van der Waals surface area contributed by atoms with Gasteiger partial charge in [0.05, 0.1) is 12.2 Å². The van der Waals surface area contributed by atoms with Crippen molar-refractivity contribution in [2.75, 3.05) is 6.54 Å². The SMILES string of the molecule is C[C@@H]1CC[C@@H](C(C)(C)N2C[C@H]3[C@H](c4ccccc4)[C@@H]4C=C[C@]3(O4)[C@@H]2C)[C@H](O)C1. The average molecular weight is 382 g/mol. The van der Waals surface area contributed by atoms with Crippen LogP contribution in [0.15, 0.2) is 42.5 Å². The number of hydrogen-bond acceptors (Lipinski definition) is 3. The van der Waals surface area contributed by atoms with Gasteiger partial charge in [0.15, 0.2) is 0 Å². The van der Waals surface area contributed by atoms with E-state index in [2.05, 4.69) is 75.1 Å². The highest BCUT2D eigenvalue weighted by Gasteiger charge is 2.66. The zero-order valence-electron chi connectivity index (χ0n) is 17.7. The number of ether oxygens (including phenoxy) is 1. The minimum atomic E-state index is -0.193. The Hall–Kier alpha value is -1.16. The van der Waals surface area contributed by atoms with Crippen LogP contribution in [-0.2, 0) is 4.74 Å². The molecule has 8 atom stereocenters. The Morgan fingerprint density at radius 2 is 1.89 bits per heavy atom. The fourth-order valence-electron chi connectivity index (χ4n) is 7.11. The maximum Gasteiger partial charge on any atom is 0.107 e. The zero-order chi connectivity index (χ0) is 19.7. The summed E-state index contributed by atoms with van der Waals surface area (Å²) >= 11 is 0. The molecule has 2 bridgehead atoms. The van der Waals surface area contributed by atoms with E-state index in [-0.39, 0.29) is 23.3 Å². The van der Waals surface area contributed by atoms with Crippen LogP contribution >= 0.6 is 0 Å². The van der Waals surface area contributed by atoms with Gasteiger partial charge < -0.3 is 9.84 Å². The molecule has 0 radical (unpaired) electrons. The molecule has 4 aliphatic rings. The molecule has 3 heterocycles. The molecule has 2 saturated heterocycles. The number of rotatable bonds is 3. The van der Waals surface area contributed by atoms with E-state index in [1.165, 1.54) is 12.0 Å². The van der Waals surface area contributed by atoms with Gasteiger partial charge in [-0.15, -0.1) is 0 Å². The Labute approximate surface area is 169 Å². The monoisotopic (exact) mass is 381 g/mol. The molecule has 1 aliphatic carbocycles. The maximum absolute atomic E-state index is 10.9. The first-order valence-corrected chi connectivity index (χ1v) is 11.2. The van der Waals surface area contributed by atoms with Crippen molar-refractivity contribution in [2.24, 2.45) is 17.8 Å². The van der Waals surface area contributed by atoms with Crippen LogP contribution in [-0.4, -0.2) is 45.9 Å². The lowest BCUT2D eigenvalue weighted by molar-refractivity contribution is -0.0731. The lowest BCUT2D eigenvalue weighted by atomic mass is 9.71. The molecule has 3 nitrogen and oxygen atoms in total. The summed E-state index contributed by atoms with van der Waals surface area (Å²) in [7, 11) is 0. The first kappa shape index (κ1) is 18.8. The molecular formula is C25H35NO2. The Morgan fingerprint density at radius 1 is 1.14 bits per heavy atom. The van der Waals surface area contributed by atoms with E-state index in [1.807, 2.05) is 0 Å². The first-order chi connectivity index (χ1) is 13.3. The van der Waals surface area contributed by atoms with Crippen molar-refractivity contribution in [3.05, 3.63) is 48.0 Å². The summed E-state index contributed by atoms with van der Waals surface area (Å²) in [6.07, 6.45) is 7.98. The van der Waals surface area contributed by atoms with Gasteiger partial charge in [0.1, 0.15) is 5.60 Å². The van der Waals surface area contributed by atoms with Gasteiger partial charge in [0.2, 0.25) is 0 Å². The molecule has 1 aromatic rings. The molecule has 1 aromatic carbocycles. The standard InChI is InChI=1S/C25H35NO2/c1-16-10-11-19(21(27)14-16)24(3,4)26-15-20-23(18-8-6-5-7-9-18)22-12-13-25(20,28-22)17(26)2/h5-9,12-13,16-17,19-23,27H,10-11,14-15H2,1-4H3/t16-,17+,19-,20+,21-,22+,23+,25+/m1/s1. The first-order valence-electron chi connectivity index (χ1n) is 11.2. The molecule has 5 rings (SSSR count). The predicted octanol–water partition coefficient (Wildman–Crippen LogP) is 4.37. The highest BCUT2D eigenvalue weighted by molar-refractivity contribution is 5.38. The smallest absolute Gasteiger partial charge is 0.107 e.